The van der Waals surface area contributed by atoms with Gasteiger partial charge in [-0.2, -0.15) is 5.10 Å². The maximum atomic E-state index is 14.3. The fourth-order valence-electron chi connectivity index (χ4n) is 5.45. The van der Waals surface area contributed by atoms with Crippen LogP contribution in [0.5, 0.6) is 0 Å². The molecule has 0 bridgehead atoms. The van der Waals surface area contributed by atoms with Crippen LogP contribution < -0.4 is 0 Å². The Hall–Kier alpha value is -3.06. The molecule has 2 heterocycles. The predicted molar refractivity (Wildman–Crippen MR) is 131 cm³/mol. The first-order chi connectivity index (χ1) is 17.0. The van der Waals surface area contributed by atoms with E-state index in [0.29, 0.717) is 37.4 Å². The molecule has 1 aliphatic heterocycles. The smallest absolute Gasteiger partial charge is 0.226 e. The molecule has 0 saturated heterocycles. The van der Waals surface area contributed by atoms with Gasteiger partial charge in [0.25, 0.3) is 0 Å². The summed E-state index contributed by atoms with van der Waals surface area (Å²) in [7, 11) is 0. The Balaban J connectivity index is 1.46. The molecule has 1 saturated carbocycles. The van der Waals surface area contributed by atoms with E-state index < -0.39 is 0 Å². The number of halogens is 2. The first-order valence-electron chi connectivity index (χ1n) is 12.6. The van der Waals surface area contributed by atoms with Crippen LogP contribution in [0.25, 0.3) is 5.69 Å². The number of carbonyl (C=O) groups is 1. The Morgan fingerprint density at radius 1 is 1.11 bits per heavy atom. The van der Waals surface area contributed by atoms with Gasteiger partial charge in [0.05, 0.1) is 23.6 Å². The van der Waals surface area contributed by atoms with Gasteiger partial charge in [-0.15, -0.1) is 0 Å². The van der Waals surface area contributed by atoms with E-state index in [1.54, 1.807) is 12.1 Å². The maximum Gasteiger partial charge on any atom is 0.226 e. The molecule has 2 aliphatic rings. The minimum atomic E-state index is -0.308. The van der Waals surface area contributed by atoms with Crippen LogP contribution in [0, 0.1) is 17.6 Å². The molecule has 0 unspecified atom stereocenters. The SMILES string of the molecule is CCN(Cc1nn(-c2cccc(F)c2)c2c1CN(Cc1ccccc1F)CC2)C(=O)C1CCCC1. The second-order valence-corrected chi connectivity index (χ2v) is 9.65. The second-order valence-electron chi connectivity index (χ2n) is 9.65. The molecule has 1 amide bonds. The highest BCUT2D eigenvalue weighted by atomic mass is 19.1. The molecule has 1 fully saturated rings. The summed E-state index contributed by atoms with van der Waals surface area (Å²) >= 11 is 0. The van der Waals surface area contributed by atoms with E-state index >= 15 is 0 Å². The number of amides is 1. The summed E-state index contributed by atoms with van der Waals surface area (Å²) < 4.78 is 30.2. The van der Waals surface area contributed by atoms with Crippen LogP contribution in [0.2, 0.25) is 0 Å². The minimum Gasteiger partial charge on any atom is -0.337 e. The van der Waals surface area contributed by atoms with Gasteiger partial charge < -0.3 is 4.90 Å². The lowest BCUT2D eigenvalue weighted by atomic mass is 10.0. The van der Waals surface area contributed by atoms with Crippen LogP contribution in [0.4, 0.5) is 8.78 Å². The molecule has 7 heteroatoms. The molecule has 0 radical (unpaired) electrons. The van der Waals surface area contributed by atoms with Gasteiger partial charge in [-0.25, -0.2) is 13.5 Å². The molecule has 3 aromatic rings. The Labute approximate surface area is 205 Å². The highest BCUT2D eigenvalue weighted by molar-refractivity contribution is 5.79. The van der Waals surface area contributed by atoms with E-state index in [0.717, 1.165) is 55.6 Å². The van der Waals surface area contributed by atoms with Crippen molar-refractivity contribution < 1.29 is 13.6 Å². The van der Waals surface area contributed by atoms with Gasteiger partial charge in [-0.05, 0) is 44.0 Å². The predicted octanol–water partition coefficient (Wildman–Crippen LogP) is 5.25. The van der Waals surface area contributed by atoms with E-state index in [1.807, 2.05) is 34.7 Å². The number of rotatable bonds is 7. The van der Waals surface area contributed by atoms with Gasteiger partial charge in [-0.3, -0.25) is 9.69 Å². The molecule has 5 nitrogen and oxygen atoms in total. The topological polar surface area (TPSA) is 41.4 Å². The maximum absolute atomic E-state index is 14.3. The molecule has 1 aromatic heterocycles. The van der Waals surface area contributed by atoms with Crippen LogP contribution in [0.3, 0.4) is 0 Å². The fraction of sp³-hybridized carbons (Fsp3) is 0.429. The number of benzene rings is 2. The number of hydrogen-bond acceptors (Lipinski definition) is 3. The van der Waals surface area contributed by atoms with Gasteiger partial charge in [0, 0.05) is 49.6 Å². The van der Waals surface area contributed by atoms with Crippen molar-refractivity contribution in [3.05, 3.63) is 82.7 Å². The van der Waals surface area contributed by atoms with Crippen LogP contribution in [0.15, 0.2) is 48.5 Å². The molecule has 0 N–H and O–H groups in total. The average molecular weight is 479 g/mol. The van der Waals surface area contributed by atoms with Crippen molar-refractivity contribution in [3.63, 3.8) is 0 Å². The van der Waals surface area contributed by atoms with E-state index in [4.69, 9.17) is 5.10 Å². The third-order valence-corrected chi connectivity index (χ3v) is 7.36. The summed E-state index contributed by atoms with van der Waals surface area (Å²) in [5.41, 5.74) is 4.30. The monoisotopic (exact) mass is 478 g/mol. The zero-order valence-corrected chi connectivity index (χ0v) is 20.2. The van der Waals surface area contributed by atoms with E-state index in [9.17, 15) is 13.6 Å². The van der Waals surface area contributed by atoms with Gasteiger partial charge in [-0.1, -0.05) is 37.1 Å². The van der Waals surface area contributed by atoms with Gasteiger partial charge in [0.2, 0.25) is 5.91 Å². The standard InChI is InChI=1S/C28H32F2N4O/c1-2-33(28(35)20-8-3-4-9-20)19-26-24-18-32(17-21-10-5-6-13-25(21)30)15-14-27(24)34(31-26)23-12-7-11-22(29)16-23/h5-7,10-13,16,20H,2-4,8-9,14-15,17-19H2,1H3. The summed E-state index contributed by atoms with van der Waals surface area (Å²) in [5, 5.41) is 4.91. The number of aromatic nitrogens is 2. The van der Waals surface area contributed by atoms with Crippen molar-refractivity contribution in [2.24, 2.45) is 5.92 Å². The fourth-order valence-corrected chi connectivity index (χ4v) is 5.45. The second kappa shape index (κ2) is 10.3. The number of hydrogen-bond donors (Lipinski definition) is 0. The van der Waals surface area contributed by atoms with Crippen LogP contribution in [0.1, 0.15) is 55.1 Å². The molecule has 184 valence electrons. The molecule has 5 rings (SSSR count). The third kappa shape index (κ3) is 5.01. The Bertz CT molecular complexity index is 1200. The average Bonchev–Trinajstić information content (AvgIpc) is 3.52. The zero-order valence-electron chi connectivity index (χ0n) is 20.2. The van der Waals surface area contributed by atoms with Crippen molar-refractivity contribution in [2.75, 3.05) is 13.1 Å². The van der Waals surface area contributed by atoms with Crippen molar-refractivity contribution in [1.82, 2.24) is 19.6 Å². The Morgan fingerprint density at radius 3 is 2.66 bits per heavy atom. The first-order valence-corrected chi connectivity index (χ1v) is 12.6. The summed E-state index contributed by atoms with van der Waals surface area (Å²) in [6.45, 7) is 4.94. The number of carbonyl (C=O) groups excluding carboxylic acids is 1. The molecular weight excluding hydrogens is 446 g/mol. The van der Waals surface area contributed by atoms with Crippen molar-refractivity contribution >= 4 is 5.91 Å². The van der Waals surface area contributed by atoms with E-state index in [1.165, 1.54) is 18.2 Å². The first kappa shape index (κ1) is 23.7. The molecule has 1 aliphatic carbocycles. The normalized spacial score (nSPS) is 16.4. The van der Waals surface area contributed by atoms with Crippen LogP contribution in [-0.2, 0) is 30.8 Å². The highest BCUT2D eigenvalue weighted by Crippen LogP contribution is 2.30. The zero-order chi connectivity index (χ0) is 24.4. The number of nitrogens with zero attached hydrogens (tertiary/aromatic N) is 4. The Morgan fingerprint density at radius 2 is 1.91 bits per heavy atom. The quantitative estimate of drug-likeness (QED) is 0.466. The van der Waals surface area contributed by atoms with Gasteiger partial charge >= 0.3 is 0 Å². The summed E-state index contributed by atoms with van der Waals surface area (Å²) in [6, 6.07) is 13.3. The summed E-state index contributed by atoms with van der Waals surface area (Å²) in [6.07, 6.45) is 4.87. The van der Waals surface area contributed by atoms with Crippen LogP contribution in [-0.4, -0.2) is 38.6 Å². The highest BCUT2D eigenvalue weighted by Gasteiger charge is 2.30. The van der Waals surface area contributed by atoms with E-state index in [2.05, 4.69) is 4.90 Å². The van der Waals surface area contributed by atoms with Crippen LogP contribution >= 0.6 is 0 Å². The van der Waals surface area contributed by atoms with Crippen molar-refractivity contribution in [2.45, 2.75) is 58.7 Å². The van der Waals surface area contributed by atoms with Gasteiger partial charge in [0.15, 0.2) is 0 Å². The molecule has 2 aromatic carbocycles. The lowest BCUT2D eigenvalue weighted by Gasteiger charge is -2.29. The summed E-state index contributed by atoms with van der Waals surface area (Å²) in [4.78, 5) is 17.3. The van der Waals surface area contributed by atoms with Gasteiger partial charge in [0.1, 0.15) is 11.6 Å². The lowest BCUT2D eigenvalue weighted by Crippen LogP contribution is -2.36. The molecule has 0 spiro atoms. The molecule has 0 atom stereocenters. The summed E-state index contributed by atoms with van der Waals surface area (Å²) in [5.74, 6) is -0.197. The lowest BCUT2D eigenvalue weighted by molar-refractivity contribution is -0.135. The Kier molecular flexibility index (Phi) is 6.95. The van der Waals surface area contributed by atoms with Crippen molar-refractivity contribution in [1.29, 1.82) is 0 Å². The molecular formula is C28H32F2N4O. The number of fused-ring (bicyclic) bond motifs is 1. The van der Waals surface area contributed by atoms with Crippen molar-refractivity contribution in [3.8, 4) is 5.69 Å². The largest absolute Gasteiger partial charge is 0.337 e. The molecule has 35 heavy (non-hydrogen) atoms. The van der Waals surface area contributed by atoms with E-state index in [-0.39, 0.29) is 23.5 Å². The third-order valence-electron chi connectivity index (χ3n) is 7.36. The minimum absolute atomic E-state index is 0.105.